The zero-order valence-corrected chi connectivity index (χ0v) is 35.7. The molecule has 0 fully saturated rings. The number of aromatic nitrogens is 6. The second-order valence-electron chi connectivity index (χ2n) is 14.0. The molecule has 7 aromatic rings. The summed E-state index contributed by atoms with van der Waals surface area (Å²) >= 11 is 0. The van der Waals surface area contributed by atoms with Crippen LogP contribution < -0.4 is 13.7 Å². The third-order valence-corrected chi connectivity index (χ3v) is 7.92. The van der Waals surface area contributed by atoms with Gasteiger partial charge in [-0.3, -0.25) is 15.0 Å². The van der Waals surface area contributed by atoms with Gasteiger partial charge in [0.05, 0.1) is 0 Å². The molecule has 0 unspecified atom stereocenters. The van der Waals surface area contributed by atoms with Gasteiger partial charge in [0.2, 0.25) is 0 Å². The Bertz CT molecular complexity index is 2350. The van der Waals surface area contributed by atoms with Crippen LogP contribution in [0.25, 0.3) is 33.4 Å². The van der Waals surface area contributed by atoms with Gasteiger partial charge in [-0.05, 0) is 88.0 Å². The molecule has 0 saturated heterocycles. The van der Waals surface area contributed by atoms with Crippen LogP contribution in [0.2, 0.25) is 0 Å². The van der Waals surface area contributed by atoms with Crippen molar-refractivity contribution in [3.8, 4) is 33.4 Å². The van der Waals surface area contributed by atoms with Crippen LogP contribution in [0.15, 0.2) is 165 Å². The molecule has 0 aliphatic heterocycles. The molecular weight excluding hydrogens is 987 g/mol. The molecule has 0 radical (unpaired) electrons. The van der Waals surface area contributed by atoms with E-state index >= 15 is 0 Å². The van der Waals surface area contributed by atoms with Gasteiger partial charge in [0.1, 0.15) is 0 Å². The molecule has 66 heavy (non-hydrogen) atoms. The number of hydrogen-bond acceptors (Lipinski definition) is 3. The molecule has 0 amide bonds. The van der Waals surface area contributed by atoms with E-state index in [0.717, 1.165) is 19.6 Å². The van der Waals surface area contributed by atoms with Crippen LogP contribution in [0.3, 0.4) is 0 Å². The molecule has 0 bridgehead atoms. The molecule has 0 saturated carbocycles. The molecule has 0 aliphatic carbocycles. The second kappa shape index (κ2) is 17.1. The maximum absolute atomic E-state index is 10.7. The van der Waals surface area contributed by atoms with E-state index in [1.807, 2.05) is 73.6 Å². The maximum Gasteiger partial charge on any atom is 0.173 e. The number of rotatable bonds is 9. The van der Waals surface area contributed by atoms with Crippen molar-refractivity contribution < 1.29 is 89.2 Å². The van der Waals surface area contributed by atoms with Crippen molar-refractivity contribution in [2.24, 2.45) is 0 Å². The van der Waals surface area contributed by atoms with E-state index in [-0.39, 0.29) is 0 Å². The van der Waals surface area contributed by atoms with Gasteiger partial charge in [-0.15, -0.1) is 0 Å². The van der Waals surface area contributed by atoms with E-state index in [1.165, 1.54) is 50.1 Å². The molecule has 0 aliphatic rings. The second-order valence-corrected chi connectivity index (χ2v) is 19.8. The van der Waals surface area contributed by atoms with Crippen LogP contribution in [-0.4, -0.2) is 15.0 Å². The standard InChI is InChI=1S/C39H33N6.3F6P/c1-13-40-14-2-34(1)37-7-19-43(20-8-37)28-31-25-32(29-44-21-9-38(10-22-44)35-3-15-41-16-4-35)27-33(26-31)30-45-23-11-39(12-24-45)36-5-17-42-18-6-36;3*1-7(2,3,4,5)6/h1-27H,28-30H2;;;/q+3;3*-1. The van der Waals surface area contributed by atoms with Crippen LogP contribution in [-0.2, 0) is 19.6 Å². The Hall–Kier alpha value is -5.85. The van der Waals surface area contributed by atoms with E-state index in [9.17, 15) is 75.5 Å². The van der Waals surface area contributed by atoms with Crippen molar-refractivity contribution in [3.05, 3.63) is 182 Å². The van der Waals surface area contributed by atoms with Gasteiger partial charge in [-0.2, -0.15) is 0 Å². The zero-order chi connectivity index (χ0) is 49.5. The molecule has 7 rings (SSSR count). The molecule has 1 aromatic carbocycles. The summed E-state index contributed by atoms with van der Waals surface area (Å²) in [5.41, 5.74) is 10.9. The minimum Gasteiger partial charge on any atom is -0.265 e. The SMILES string of the molecule is F[P-](F)(F)(F)(F)F.F[P-](F)(F)(F)(F)F.F[P-](F)(F)(F)(F)F.c1cc(-c2cc[n+](Cc3cc(C[n+]4ccc(-c5ccncc5)cc4)cc(C[n+]4ccc(-c5ccncc5)cc4)c3)cc2)ccn1. The summed E-state index contributed by atoms with van der Waals surface area (Å²) in [6.45, 7) is 2.36. The zero-order valence-electron chi connectivity index (χ0n) is 33.0. The molecule has 27 heteroatoms. The van der Waals surface area contributed by atoms with Gasteiger partial charge in [0.25, 0.3) is 0 Å². The summed E-state index contributed by atoms with van der Waals surface area (Å²) in [4.78, 5) is 12.4. The Morgan fingerprint density at radius 3 is 0.591 bits per heavy atom. The molecule has 6 nitrogen and oxygen atoms in total. The monoisotopic (exact) mass is 1020 g/mol. The summed E-state index contributed by atoms with van der Waals surface area (Å²) in [7, 11) is -32.0. The Morgan fingerprint density at radius 2 is 0.424 bits per heavy atom. The number of benzene rings is 1. The number of pyridine rings is 6. The Balaban J connectivity index is 0.000000377. The number of halogens is 18. The molecule has 360 valence electrons. The van der Waals surface area contributed by atoms with E-state index in [1.54, 1.807) is 0 Å². The molecule has 6 heterocycles. The predicted octanol–water partition coefficient (Wildman–Crippen LogP) is 16.0. The normalized spacial score (nSPS) is 14.8. The smallest absolute Gasteiger partial charge is 0.173 e. The third-order valence-electron chi connectivity index (χ3n) is 7.92. The van der Waals surface area contributed by atoms with Crippen molar-refractivity contribution in [1.29, 1.82) is 0 Å². The Kier molecular flexibility index (Phi) is 13.7. The first-order valence-electron chi connectivity index (χ1n) is 18.1. The molecule has 0 spiro atoms. The van der Waals surface area contributed by atoms with E-state index in [0.29, 0.717) is 0 Å². The Morgan fingerprint density at radius 1 is 0.273 bits per heavy atom. The summed E-state index contributed by atoms with van der Waals surface area (Å²) in [5, 5.41) is 0. The van der Waals surface area contributed by atoms with Crippen LogP contribution in [0.1, 0.15) is 16.7 Å². The van der Waals surface area contributed by atoms with Crippen LogP contribution in [0.4, 0.5) is 75.5 Å². The van der Waals surface area contributed by atoms with Gasteiger partial charge < -0.3 is 0 Å². The number of hydrogen-bond donors (Lipinski definition) is 0. The average Bonchev–Trinajstić information content (AvgIpc) is 3.16. The van der Waals surface area contributed by atoms with Crippen LogP contribution in [0.5, 0.6) is 0 Å². The average molecular weight is 1020 g/mol. The van der Waals surface area contributed by atoms with Crippen molar-refractivity contribution in [2.45, 2.75) is 19.6 Å². The van der Waals surface area contributed by atoms with Gasteiger partial charge in [-0.25, -0.2) is 13.7 Å². The fraction of sp³-hybridized carbons (Fsp3) is 0.0769. The van der Waals surface area contributed by atoms with Crippen LogP contribution in [0, 0.1) is 0 Å². The maximum atomic E-state index is 9.87. The first kappa shape index (κ1) is 52.8. The minimum absolute atomic E-state index is 0.786. The third kappa shape index (κ3) is 26.8. The van der Waals surface area contributed by atoms with Crippen LogP contribution >= 0.6 is 23.4 Å². The van der Waals surface area contributed by atoms with Crippen molar-refractivity contribution in [1.82, 2.24) is 15.0 Å². The van der Waals surface area contributed by atoms with E-state index in [4.69, 9.17) is 0 Å². The molecule has 6 aromatic heterocycles. The fourth-order valence-electron chi connectivity index (χ4n) is 5.64. The van der Waals surface area contributed by atoms with Crippen molar-refractivity contribution in [3.63, 3.8) is 0 Å². The molecule has 0 atom stereocenters. The molecular formula is C39H33F18N6P3. The quantitative estimate of drug-likeness (QED) is 0.0822. The topological polar surface area (TPSA) is 50.3 Å². The van der Waals surface area contributed by atoms with Gasteiger partial charge >= 0.3 is 99.0 Å². The largest absolute Gasteiger partial charge is 0.265 e. The van der Waals surface area contributed by atoms with E-state index < -0.39 is 23.4 Å². The summed E-state index contributed by atoms with van der Waals surface area (Å²) < 4.78 is 184. The summed E-state index contributed by atoms with van der Waals surface area (Å²) in [6.07, 6.45) is 23.9. The van der Waals surface area contributed by atoms with Crippen molar-refractivity contribution >= 4 is 23.4 Å². The summed E-state index contributed by atoms with van der Waals surface area (Å²) in [5.74, 6) is 0. The Labute approximate surface area is 362 Å². The van der Waals surface area contributed by atoms with Gasteiger partial charge in [0, 0.05) is 90.3 Å². The van der Waals surface area contributed by atoms with Crippen molar-refractivity contribution in [2.75, 3.05) is 0 Å². The van der Waals surface area contributed by atoms with E-state index in [2.05, 4.69) is 120 Å². The summed E-state index contributed by atoms with van der Waals surface area (Å²) in [6, 6.07) is 32.2. The van der Waals surface area contributed by atoms with Gasteiger partial charge in [-0.1, -0.05) is 0 Å². The van der Waals surface area contributed by atoms with Gasteiger partial charge in [0.15, 0.2) is 56.8 Å². The predicted molar refractivity (Wildman–Crippen MR) is 214 cm³/mol. The minimum atomic E-state index is -10.7. The first-order valence-corrected chi connectivity index (χ1v) is 24.2. The fourth-order valence-corrected chi connectivity index (χ4v) is 5.64. The number of nitrogens with zero attached hydrogens (tertiary/aromatic N) is 6. The first-order chi connectivity index (χ1) is 29.6. The molecule has 0 N–H and O–H groups in total.